The fourth-order valence-electron chi connectivity index (χ4n) is 4.05. The molecule has 1 unspecified atom stereocenters. The van der Waals surface area contributed by atoms with Crippen LogP contribution in [-0.4, -0.2) is 24.3 Å². The van der Waals surface area contributed by atoms with Crippen molar-refractivity contribution in [1.29, 1.82) is 0 Å². The van der Waals surface area contributed by atoms with Crippen LogP contribution in [0.15, 0.2) is 18.2 Å². The van der Waals surface area contributed by atoms with Crippen molar-refractivity contribution in [3.63, 3.8) is 0 Å². The molecule has 1 heterocycles. The summed E-state index contributed by atoms with van der Waals surface area (Å²) in [6, 6.07) is 5.23. The number of hydrogen-bond acceptors (Lipinski definition) is 2. The topological polar surface area (TPSA) is 46.5 Å². The number of benzene rings is 1. The summed E-state index contributed by atoms with van der Waals surface area (Å²) in [7, 11) is 0. The summed E-state index contributed by atoms with van der Waals surface area (Å²) >= 11 is 0. The molecule has 3 nitrogen and oxygen atoms in total. The quantitative estimate of drug-likeness (QED) is 0.904. The summed E-state index contributed by atoms with van der Waals surface area (Å²) < 4.78 is 19.9. The monoisotopic (exact) mass is 278 g/mol. The Morgan fingerprint density at radius 1 is 1.40 bits per heavy atom. The smallest absolute Gasteiger partial charge is 0.303 e. The molecular weight excluding hydrogens is 259 g/mol. The van der Waals surface area contributed by atoms with Gasteiger partial charge in [0.2, 0.25) is 0 Å². The standard InChI is InChI=1S/C16H19FO3/c17-13-3-1-2-11-4-5-12(10-14(18)19)16(15(11)13)6-8-20-9-7-16/h1-3,12H,4-10H2,(H,18,19). The fourth-order valence-corrected chi connectivity index (χ4v) is 4.05. The van der Waals surface area contributed by atoms with E-state index < -0.39 is 5.97 Å². The van der Waals surface area contributed by atoms with Crippen LogP contribution in [0.25, 0.3) is 0 Å². The van der Waals surface area contributed by atoms with Crippen molar-refractivity contribution in [3.8, 4) is 0 Å². The Morgan fingerprint density at radius 3 is 2.85 bits per heavy atom. The number of fused-ring (bicyclic) bond motifs is 2. The zero-order valence-corrected chi connectivity index (χ0v) is 11.4. The average Bonchev–Trinajstić information content (AvgIpc) is 2.43. The van der Waals surface area contributed by atoms with Gasteiger partial charge in [0.1, 0.15) is 5.82 Å². The first kappa shape index (κ1) is 13.6. The largest absolute Gasteiger partial charge is 0.481 e. The van der Waals surface area contributed by atoms with Gasteiger partial charge in [-0.05, 0) is 48.8 Å². The molecule has 2 aliphatic rings. The van der Waals surface area contributed by atoms with E-state index in [9.17, 15) is 14.3 Å². The SMILES string of the molecule is O=C(O)CC1CCc2cccc(F)c2C12CCOCC2. The predicted octanol–water partition coefficient (Wildman–Crippen LogP) is 2.91. The van der Waals surface area contributed by atoms with E-state index in [-0.39, 0.29) is 23.6 Å². The normalized spacial score (nSPS) is 24.4. The van der Waals surface area contributed by atoms with Crippen molar-refractivity contribution in [1.82, 2.24) is 0 Å². The lowest BCUT2D eigenvalue weighted by Crippen LogP contribution is -2.45. The van der Waals surface area contributed by atoms with Gasteiger partial charge >= 0.3 is 5.97 Å². The number of carboxylic acid groups (broad SMARTS) is 1. The van der Waals surface area contributed by atoms with Crippen molar-refractivity contribution in [3.05, 3.63) is 35.1 Å². The first-order valence-corrected chi connectivity index (χ1v) is 7.21. The minimum atomic E-state index is -0.791. The first-order chi connectivity index (χ1) is 9.63. The highest BCUT2D eigenvalue weighted by atomic mass is 19.1. The molecule has 1 aliphatic heterocycles. The van der Waals surface area contributed by atoms with Gasteiger partial charge in [0, 0.05) is 25.0 Å². The molecule has 1 saturated heterocycles. The highest BCUT2D eigenvalue weighted by molar-refractivity contribution is 5.67. The Kier molecular flexibility index (Phi) is 3.50. The van der Waals surface area contributed by atoms with Crippen LogP contribution in [0.2, 0.25) is 0 Å². The Balaban J connectivity index is 2.09. The van der Waals surface area contributed by atoms with Crippen LogP contribution in [0.5, 0.6) is 0 Å². The van der Waals surface area contributed by atoms with Crippen LogP contribution in [0.3, 0.4) is 0 Å². The number of aryl methyl sites for hydroxylation is 1. The number of rotatable bonds is 2. The molecule has 4 heteroatoms. The van der Waals surface area contributed by atoms with Crippen LogP contribution >= 0.6 is 0 Å². The van der Waals surface area contributed by atoms with E-state index in [1.165, 1.54) is 6.07 Å². The van der Waals surface area contributed by atoms with Gasteiger partial charge in [-0.2, -0.15) is 0 Å². The number of ether oxygens (including phenoxy) is 1. The van der Waals surface area contributed by atoms with Crippen molar-refractivity contribution in [2.24, 2.45) is 5.92 Å². The molecule has 1 aliphatic carbocycles. The minimum absolute atomic E-state index is 0.00769. The van der Waals surface area contributed by atoms with Crippen LogP contribution in [0, 0.1) is 11.7 Å². The summed E-state index contributed by atoms with van der Waals surface area (Å²) in [4.78, 5) is 11.2. The maximum absolute atomic E-state index is 14.4. The van der Waals surface area contributed by atoms with Gasteiger partial charge in [-0.1, -0.05) is 12.1 Å². The molecule has 108 valence electrons. The zero-order chi connectivity index (χ0) is 14.2. The Bertz CT molecular complexity index is 520. The number of halogens is 1. The molecule has 0 radical (unpaired) electrons. The third kappa shape index (κ3) is 2.12. The highest BCUT2D eigenvalue weighted by Gasteiger charge is 2.47. The Morgan fingerprint density at radius 2 is 2.15 bits per heavy atom. The van der Waals surface area contributed by atoms with Gasteiger partial charge in [-0.25, -0.2) is 4.39 Å². The molecule has 20 heavy (non-hydrogen) atoms. The van der Waals surface area contributed by atoms with E-state index in [2.05, 4.69) is 0 Å². The second kappa shape index (κ2) is 5.17. The molecule has 0 aromatic heterocycles. The van der Waals surface area contributed by atoms with Crippen LogP contribution in [0.1, 0.15) is 36.8 Å². The van der Waals surface area contributed by atoms with Crippen molar-refractivity contribution < 1.29 is 19.0 Å². The molecule has 0 bridgehead atoms. The van der Waals surface area contributed by atoms with Gasteiger partial charge in [0.05, 0.1) is 0 Å². The molecule has 3 rings (SSSR count). The number of hydrogen-bond donors (Lipinski definition) is 1. The number of aliphatic carboxylic acids is 1. The molecular formula is C16H19FO3. The predicted molar refractivity (Wildman–Crippen MR) is 72.2 cm³/mol. The molecule has 1 N–H and O–H groups in total. The van der Waals surface area contributed by atoms with Gasteiger partial charge < -0.3 is 9.84 Å². The van der Waals surface area contributed by atoms with E-state index in [1.807, 2.05) is 6.07 Å². The first-order valence-electron chi connectivity index (χ1n) is 7.21. The maximum atomic E-state index is 14.4. The van der Waals surface area contributed by atoms with E-state index in [4.69, 9.17) is 4.74 Å². The summed E-state index contributed by atoms with van der Waals surface area (Å²) in [6.07, 6.45) is 3.15. The second-order valence-corrected chi connectivity index (χ2v) is 5.88. The van der Waals surface area contributed by atoms with Gasteiger partial charge in [0.25, 0.3) is 0 Å². The Hall–Kier alpha value is -1.42. The molecule has 1 fully saturated rings. The summed E-state index contributed by atoms with van der Waals surface area (Å²) in [5.74, 6) is -0.964. The van der Waals surface area contributed by atoms with Crippen molar-refractivity contribution >= 4 is 5.97 Å². The third-order valence-corrected chi connectivity index (χ3v) is 4.95. The second-order valence-electron chi connectivity index (χ2n) is 5.88. The minimum Gasteiger partial charge on any atom is -0.481 e. The lowest BCUT2D eigenvalue weighted by molar-refractivity contribution is -0.139. The van der Waals surface area contributed by atoms with Crippen molar-refractivity contribution in [2.45, 2.75) is 37.5 Å². The van der Waals surface area contributed by atoms with E-state index >= 15 is 0 Å². The lowest BCUT2D eigenvalue weighted by atomic mass is 9.58. The van der Waals surface area contributed by atoms with E-state index in [0.717, 1.165) is 36.8 Å². The number of carbonyl (C=O) groups is 1. The van der Waals surface area contributed by atoms with Crippen molar-refractivity contribution in [2.75, 3.05) is 13.2 Å². The zero-order valence-electron chi connectivity index (χ0n) is 11.4. The molecule has 0 amide bonds. The van der Waals surface area contributed by atoms with Crippen LogP contribution in [0.4, 0.5) is 4.39 Å². The Labute approximate surface area is 117 Å². The molecule has 1 aromatic carbocycles. The van der Waals surface area contributed by atoms with Crippen LogP contribution < -0.4 is 0 Å². The van der Waals surface area contributed by atoms with Gasteiger partial charge in [-0.15, -0.1) is 0 Å². The average molecular weight is 278 g/mol. The lowest BCUT2D eigenvalue weighted by Gasteiger charge is -2.47. The summed E-state index contributed by atoms with van der Waals surface area (Å²) in [5, 5.41) is 9.17. The molecule has 1 spiro atoms. The molecule has 1 aromatic rings. The summed E-state index contributed by atoms with van der Waals surface area (Å²) in [5.41, 5.74) is 1.46. The maximum Gasteiger partial charge on any atom is 0.303 e. The summed E-state index contributed by atoms with van der Waals surface area (Å²) in [6.45, 7) is 1.17. The molecule has 0 saturated carbocycles. The fraction of sp³-hybridized carbons (Fsp3) is 0.562. The van der Waals surface area contributed by atoms with Crippen LogP contribution in [-0.2, 0) is 21.4 Å². The number of carboxylic acids is 1. The van der Waals surface area contributed by atoms with E-state index in [1.54, 1.807) is 6.07 Å². The van der Waals surface area contributed by atoms with Gasteiger partial charge in [-0.3, -0.25) is 4.79 Å². The molecule has 1 atom stereocenters. The van der Waals surface area contributed by atoms with E-state index in [0.29, 0.717) is 13.2 Å². The highest BCUT2D eigenvalue weighted by Crippen LogP contribution is 2.50. The van der Waals surface area contributed by atoms with Gasteiger partial charge in [0.15, 0.2) is 0 Å². The third-order valence-electron chi connectivity index (χ3n) is 4.95.